The quantitative estimate of drug-likeness (QED) is 0.234. The van der Waals surface area contributed by atoms with Gasteiger partial charge >= 0.3 is 5.97 Å². The molecule has 1 unspecified atom stereocenters. The van der Waals surface area contributed by atoms with Crippen molar-refractivity contribution in [2.24, 2.45) is 0 Å². The summed E-state index contributed by atoms with van der Waals surface area (Å²) in [5.74, 6) is 0.244. The molecule has 6 heteroatoms. The maximum absolute atomic E-state index is 11.0. The van der Waals surface area contributed by atoms with Crippen molar-refractivity contribution in [1.29, 1.82) is 0 Å². The highest BCUT2D eigenvalue weighted by Gasteiger charge is 2.14. The summed E-state index contributed by atoms with van der Waals surface area (Å²) in [5, 5.41) is 9.03. The number of hydrogen-bond acceptors (Lipinski definition) is 4. The molecule has 1 atom stereocenters. The van der Waals surface area contributed by atoms with Gasteiger partial charge in [0.15, 0.2) is 6.10 Å². The first-order chi connectivity index (χ1) is 15.4. The van der Waals surface area contributed by atoms with E-state index < -0.39 is 12.1 Å². The Morgan fingerprint density at radius 1 is 1.06 bits per heavy atom. The summed E-state index contributed by atoms with van der Waals surface area (Å²) >= 11 is 4.03. The number of aliphatic carboxylic acids is 1. The molecule has 0 spiro atoms. The van der Waals surface area contributed by atoms with Crippen LogP contribution in [0.2, 0.25) is 0 Å². The summed E-state index contributed by atoms with van der Waals surface area (Å²) in [5.41, 5.74) is 4.20. The van der Waals surface area contributed by atoms with E-state index in [4.69, 9.17) is 14.6 Å². The Hall–Kier alpha value is -2.45. The van der Waals surface area contributed by atoms with Crippen LogP contribution in [0.25, 0.3) is 5.57 Å². The molecule has 0 aromatic heterocycles. The van der Waals surface area contributed by atoms with E-state index in [1.165, 1.54) is 15.4 Å². The smallest absolute Gasteiger partial charge is 0.344 e. The molecular formula is C26H25IO4S. The normalized spacial score (nSPS) is 12.3. The van der Waals surface area contributed by atoms with E-state index in [-0.39, 0.29) is 0 Å². The van der Waals surface area contributed by atoms with Gasteiger partial charge in [0, 0.05) is 8.47 Å². The number of ether oxygens (including phenoxy) is 2. The van der Waals surface area contributed by atoms with Crippen LogP contribution in [0.3, 0.4) is 0 Å². The van der Waals surface area contributed by atoms with Crippen LogP contribution in [0.15, 0.2) is 77.7 Å². The van der Waals surface area contributed by atoms with E-state index in [1.54, 1.807) is 23.9 Å². The highest BCUT2D eigenvalue weighted by molar-refractivity contribution is 14.1. The topological polar surface area (TPSA) is 55.8 Å². The monoisotopic (exact) mass is 560 g/mol. The van der Waals surface area contributed by atoms with Gasteiger partial charge in [-0.1, -0.05) is 24.3 Å². The molecule has 32 heavy (non-hydrogen) atoms. The lowest BCUT2D eigenvalue weighted by Crippen LogP contribution is -2.23. The van der Waals surface area contributed by atoms with Crippen molar-refractivity contribution >= 4 is 45.9 Å². The molecule has 0 radical (unpaired) electrons. The second kappa shape index (κ2) is 11.4. The predicted octanol–water partition coefficient (Wildman–Crippen LogP) is 6.68. The standard InChI is InChI=1S/C26H25IO4S/c1-17-16-22(10-13-25(17)31-18(2)26(28)29)30-15-14-24(19-4-8-21(27)9-5-19)20-6-11-23(32-3)12-7-20/h4-14,16,18H,15H2,1-3H3,(H,28,29)/b24-14-. The zero-order chi connectivity index (χ0) is 23.1. The second-order valence-corrected chi connectivity index (χ2v) is 9.32. The minimum atomic E-state index is -0.997. The zero-order valence-electron chi connectivity index (χ0n) is 18.2. The van der Waals surface area contributed by atoms with Gasteiger partial charge in [0.1, 0.15) is 18.1 Å². The van der Waals surface area contributed by atoms with E-state index in [0.717, 1.165) is 22.3 Å². The van der Waals surface area contributed by atoms with Crippen LogP contribution in [0.4, 0.5) is 0 Å². The molecule has 0 aliphatic carbocycles. The van der Waals surface area contributed by atoms with Crippen LogP contribution in [-0.4, -0.2) is 30.0 Å². The van der Waals surface area contributed by atoms with Gasteiger partial charge in [0.05, 0.1) is 0 Å². The van der Waals surface area contributed by atoms with Gasteiger partial charge in [0.2, 0.25) is 0 Å². The van der Waals surface area contributed by atoms with E-state index >= 15 is 0 Å². The Balaban J connectivity index is 1.78. The fourth-order valence-electron chi connectivity index (χ4n) is 3.11. The SMILES string of the molecule is CSc1ccc(/C(=C\COc2ccc(OC(C)C(=O)O)c(C)c2)c2ccc(I)cc2)cc1. The maximum Gasteiger partial charge on any atom is 0.344 e. The van der Waals surface area contributed by atoms with Crippen LogP contribution in [0, 0.1) is 10.5 Å². The summed E-state index contributed by atoms with van der Waals surface area (Å²) in [6.07, 6.45) is 3.25. The lowest BCUT2D eigenvalue weighted by molar-refractivity contribution is -0.144. The largest absolute Gasteiger partial charge is 0.489 e. The van der Waals surface area contributed by atoms with E-state index in [9.17, 15) is 4.79 Å². The third-order valence-corrected chi connectivity index (χ3v) is 6.35. The average molecular weight is 560 g/mol. The van der Waals surface area contributed by atoms with Crippen molar-refractivity contribution in [2.75, 3.05) is 12.9 Å². The third-order valence-electron chi connectivity index (χ3n) is 4.89. The molecule has 166 valence electrons. The maximum atomic E-state index is 11.0. The Bertz CT molecular complexity index is 1090. The molecule has 3 rings (SSSR count). The van der Waals surface area contributed by atoms with Crippen LogP contribution >= 0.6 is 34.4 Å². The Kier molecular flexibility index (Phi) is 8.64. The van der Waals surface area contributed by atoms with Gasteiger partial charge in [-0.2, -0.15) is 0 Å². The molecule has 0 saturated heterocycles. The summed E-state index contributed by atoms with van der Waals surface area (Å²) < 4.78 is 12.7. The molecule has 0 aliphatic rings. The Morgan fingerprint density at radius 2 is 1.69 bits per heavy atom. The second-order valence-electron chi connectivity index (χ2n) is 7.19. The number of carboxylic acid groups (broad SMARTS) is 1. The molecule has 4 nitrogen and oxygen atoms in total. The molecule has 0 bridgehead atoms. The summed E-state index contributed by atoms with van der Waals surface area (Å²) in [6, 6.07) is 22.4. The number of aryl methyl sites for hydroxylation is 1. The molecule has 1 N–H and O–H groups in total. The Morgan fingerprint density at radius 3 is 2.25 bits per heavy atom. The first-order valence-electron chi connectivity index (χ1n) is 10.1. The number of thioether (sulfide) groups is 1. The average Bonchev–Trinajstić information content (AvgIpc) is 2.79. The summed E-state index contributed by atoms with van der Waals surface area (Å²) in [4.78, 5) is 12.2. The van der Waals surface area contributed by atoms with Gasteiger partial charge in [-0.25, -0.2) is 4.79 Å². The van der Waals surface area contributed by atoms with Crippen molar-refractivity contribution in [3.63, 3.8) is 0 Å². The molecule has 0 amide bonds. The lowest BCUT2D eigenvalue weighted by atomic mass is 9.98. The zero-order valence-corrected chi connectivity index (χ0v) is 21.1. The highest BCUT2D eigenvalue weighted by atomic mass is 127. The van der Waals surface area contributed by atoms with Gasteiger partial charge in [-0.3, -0.25) is 0 Å². The number of rotatable bonds is 9. The first-order valence-corrected chi connectivity index (χ1v) is 12.4. The molecule has 3 aromatic rings. The predicted molar refractivity (Wildman–Crippen MR) is 139 cm³/mol. The van der Waals surface area contributed by atoms with Gasteiger partial charge in [-0.05, 0) is 113 Å². The number of benzene rings is 3. The fraction of sp³-hybridized carbons (Fsp3) is 0.192. The number of halogens is 1. The highest BCUT2D eigenvalue weighted by Crippen LogP contribution is 2.28. The number of carboxylic acids is 1. The van der Waals surface area contributed by atoms with Crippen molar-refractivity contribution in [2.45, 2.75) is 24.8 Å². The van der Waals surface area contributed by atoms with Crippen LogP contribution in [-0.2, 0) is 4.79 Å². The fourth-order valence-corrected chi connectivity index (χ4v) is 3.88. The van der Waals surface area contributed by atoms with Gasteiger partial charge in [0.25, 0.3) is 0 Å². The minimum absolute atomic E-state index is 0.400. The van der Waals surface area contributed by atoms with Crippen molar-refractivity contribution in [3.05, 3.63) is 93.1 Å². The molecule has 0 fully saturated rings. The Labute approximate surface area is 206 Å². The number of carbonyl (C=O) groups is 1. The van der Waals surface area contributed by atoms with Crippen molar-refractivity contribution < 1.29 is 19.4 Å². The van der Waals surface area contributed by atoms with Crippen LogP contribution in [0.1, 0.15) is 23.6 Å². The molecular weight excluding hydrogens is 535 g/mol. The lowest BCUT2D eigenvalue weighted by Gasteiger charge is -2.14. The van der Waals surface area contributed by atoms with Gasteiger partial charge in [-0.15, -0.1) is 11.8 Å². The minimum Gasteiger partial charge on any atom is -0.489 e. The van der Waals surface area contributed by atoms with Crippen LogP contribution < -0.4 is 9.47 Å². The summed E-state index contributed by atoms with van der Waals surface area (Å²) in [7, 11) is 0. The van der Waals surface area contributed by atoms with E-state index in [0.29, 0.717) is 18.1 Å². The molecule has 0 saturated carbocycles. The van der Waals surface area contributed by atoms with E-state index in [1.807, 2.05) is 13.0 Å². The third kappa shape index (κ3) is 6.53. The van der Waals surface area contributed by atoms with Crippen molar-refractivity contribution in [1.82, 2.24) is 0 Å². The first kappa shape index (κ1) is 24.2. The molecule has 0 heterocycles. The van der Waals surface area contributed by atoms with E-state index in [2.05, 4.69) is 83.5 Å². The molecule has 0 aliphatic heterocycles. The summed E-state index contributed by atoms with van der Waals surface area (Å²) in [6.45, 7) is 3.78. The van der Waals surface area contributed by atoms with Gasteiger partial charge < -0.3 is 14.6 Å². The van der Waals surface area contributed by atoms with Crippen molar-refractivity contribution in [3.8, 4) is 11.5 Å². The molecule has 3 aromatic carbocycles. The number of hydrogen-bond donors (Lipinski definition) is 1. The van der Waals surface area contributed by atoms with Crippen LogP contribution in [0.5, 0.6) is 11.5 Å².